The first-order valence-corrected chi connectivity index (χ1v) is 17.5. The van der Waals surface area contributed by atoms with E-state index >= 15 is 0 Å². The molecule has 0 radical (unpaired) electrons. The van der Waals surface area contributed by atoms with E-state index in [1.807, 2.05) is 74.4 Å². The van der Waals surface area contributed by atoms with E-state index in [-0.39, 0.29) is 28.9 Å². The van der Waals surface area contributed by atoms with Crippen molar-refractivity contribution in [2.24, 2.45) is 11.0 Å². The number of carbonyl (C=O) groups excluding carboxylic acids is 1. The molecule has 0 unspecified atom stereocenters. The van der Waals surface area contributed by atoms with Crippen LogP contribution in [0.3, 0.4) is 0 Å². The van der Waals surface area contributed by atoms with Gasteiger partial charge in [0.05, 0.1) is 17.4 Å². The number of allylic oxidation sites excluding steroid dienone is 1. The van der Waals surface area contributed by atoms with Crippen molar-refractivity contribution < 1.29 is 18.0 Å². The number of hydrazone groups is 1. The molecule has 3 heterocycles. The topological polar surface area (TPSA) is 69.3 Å². The third-order valence-electron chi connectivity index (χ3n) is 10.0. The Kier molecular flexibility index (Phi) is 9.14. The summed E-state index contributed by atoms with van der Waals surface area (Å²) in [5.41, 5.74) is 6.40. The normalized spacial score (nSPS) is 18.2. The second kappa shape index (κ2) is 13.6. The molecule has 0 bridgehead atoms. The number of rotatable bonds is 7. The molecule has 0 N–H and O–H groups in total. The molecule has 52 heavy (non-hydrogen) atoms. The molecule has 1 fully saturated rings. The SMILES string of the molecule is CC(C)c1ccc(-c2cc(C(F)(F)F)n3nc(C(=O)N4N=C5/C(=C/c6ccc(N(C)C)cc6)CCC[C@@H]5[C@H]4c4ccc(N(C)C)cc4)cc3n2)cc1. The van der Waals surface area contributed by atoms with Crippen molar-refractivity contribution in [1.29, 1.82) is 0 Å². The molecule has 2 aliphatic rings. The summed E-state index contributed by atoms with van der Waals surface area (Å²) < 4.78 is 44.3. The van der Waals surface area contributed by atoms with Gasteiger partial charge in [0, 0.05) is 57.1 Å². The molecule has 1 saturated carbocycles. The zero-order chi connectivity index (χ0) is 36.9. The monoisotopic (exact) mass is 705 g/mol. The lowest BCUT2D eigenvalue weighted by atomic mass is 9.77. The Labute approximate surface area is 301 Å². The van der Waals surface area contributed by atoms with E-state index in [0.29, 0.717) is 5.56 Å². The predicted molar refractivity (Wildman–Crippen MR) is 201 cm³/mol. The van der Waals surface area contributed by atoms with E-state index in [2.05, 4.69) is 54.3 Å². The number of nitrogens with zero attached hydrogens (tertiary/aromatic N) is 7. The van der Waals surface area contributed by atoms with Gasteiger partial charge in [0.1, 0.15) is 0 Å². The minimum absolute atomic E-state index is 0.0704. The van der Waals surface area contributed by atoms with Gasteiger partial charge in [0.25, 0.3) is 5.91 Å². The summed E-state index contributed by atoms with van der Waals surface area (Å²) >= 11 is 0. The molecule has 5 aromatic rings. The van der Waals surface area contributed by atoms with Crippen LogP contribution in [0.2, 0.25) is 0 Å². The van der Waals surface area contributed by atoms with Gasteiger partial charge in [0.15, 0.2) is 17.0 Å². The highest BCUT2D eigenvalue weighted by Gasteiger charge is 2.45. The van der Waals surface area contributed by atoms with Crippen LogP contribution in [0.15, 0.2) is 95.6 Å². The first kappa shape index (κ1) is 35.0. The van der Waals surface area contributed by atoms with E-state index in [9.17, 15) is 18.0 Å². The lowest BCUT2D eigenvalue weighted by molar-refractivity contribution is -0.142. The molecule has 7 rings (SSSR count). The number of amides is 1. The van der Waals surface area contributed by atoms with E-state index in [1.165, 1.54) is 11.1 Å². The number of anilines is 2. The zero-order valence-electron chi connectivity index (χ0n) is 30.2. The van der Waals surface area contributed by atoms with Crippen LogP contribution in [0, 0.1) is 5.92 Å². The molecule has 3 aromatic carbocycles. The summed E-state index contributed by atoms with van der Waals surface area (Å²) in [5, 5.41) is 10.6. The van der Waals surface area contributed by atoms with E-state index < -0.39 is 23.8 Å². The van der Waals surface area contributed by atoms with Crippen molar-refractivity contribution >= 4 is 34.7 Å². The van der Waals surface area contributed by atoms with Gasteiger partial charge in [-0.1, -0.05) is 62.4 Å². The van der Waals surface area contributed by atoms with Gasteiger partial charge >= 0.3 is 6.18 Å². The summed E-state index contributed by atoms with van der Waals surface area (Å²) in [5.74, 6) is -0.413. The number of hydrogen-bond donors (Lipinski definition) is 0. The van der Waals surface area contributed by atoms with E-state index in [4.69, 9.17) is 5.10 Å². The van der Waals surface area contributed by atoms with Crippen LogP contribution in [0.5, 0.6) is 0 Å². The summed E-state index contributed by atoms with van der Waals surface area (Å²) in [6.07, 6.45) is -0.0983. The largest absolute Gasteiger partial charge is 0.433 e. The Morgan fingerprint density at radius 2 is 1.52 bits per heavy atom. The molecular weight excluding hydrogens is 663 g/mol. The molecule has 11 heteroatoms. The lowest BCUT2D eigenvalue weighted by Gasteiger charge is -2.29. The molecule has 2 aromatic heterocycles. The van der Waals surface area contributed by atoms with Gasteiger partial charge in [-0.25, -0.2) is 14.5 Å². The molecule has 0 spiro atoms. The average molecular weight is 706 g/mol. The lowest BCUT2D eigenvalue weighted by Crippen LogP contribution is -2.32. The first-order valence-electron chi connectivity index (χ1n) is 17.5. The van der Waals surface area contributed by atoms with Crippen LogP contribution >= 0.6 is 0 Å². The predicted octanol–water partition coefficient (Wildman–Crippen LogP) is 9.11. The number of hydrogen-bond acceptors (Lipinski definition) is 6. The van der Waals surface area contributed by atoms with Gasteiger partial charge in [-0.3, -0.25) is 4.79 Å². The van der Waals surface area contributed by atoms with Crippen molar-refractivity contribution in [3.05, 3.63) is 119 Å². The molecule has 8 nitrogen and oxygen atoms in total. The number of alkyl halides is 3. The molecule has 1 aliphatic carbocycles. The van der Waals surface area contributed by atoms with Gasteiger partial charge in [-0.15, -0.1) is 0 Å². The minimum Gasteiger partial charge on any atom is -0.378 e. The zero-order valence-corrected chi connectivity index (χ0v) is 30.2. The third-order valence-corrected chi connectivity index (χ3v) is 10.0. The Morgan fingerprint density at radius 1 is 0.885 bits per heavy atom. The standard InChI is InChI=1S/C41H42F3N7O/c1-25(2)27-12-14-28(15-13-27)34-23-36(41(42,43)44)50-37(45-34)24-35(46-50)40(52)51-39(29-16-20-32(21-17-29)49(5)6)33-9-7-8-30(38(33)47-51)22-26-10-18-31(19-11-26)48(3)4/h10-25,33,39H,7-9H2,1-6H3/b30-22+/t33-,39+/m0/s1. The van der Waals surface area contributed by atoms with Crippen molar-refractivity contribution in [2.45, 2.75) is 51.2 Å². The number of aromatic nitrogens is 3. The van der Waals surface area contributed by atoms with Crippen LogP contribution in [0.1, 0.15) is 77.9 Å². The Balaban J connectivity index is 1.31. The Morgan fingerprint density at radius 3 is 2.12 bits per heavy atom. The van der Waals surface area contributed by atoms with Crippen molar-refractivity contribution in [1.82, 2.24) is 19.6 Å². The molecule has 1 amide bonds. The summed E-state index contributed by atoms with van der Waals surface area (Å²) in [6.45, 7) is 4.10. The first-order chi connectivity index (χ1) is 24.8. The molecule has 1 aliphatic heterocycles. The van der Waals surface area contributed by atoms with Gasteiger partial charge < -0.3 is 9.80 Å². The highest BCUT2D eigenvalue weighted by molar-refractivity contribution is 6.09. The van der Waals surface area contributed by atoms with E-state index in [0.717, 1.165) is 69.2 Å². The average Bonchev–Trinajstić information content (AvgIpc) is 3.74. The maximum absolute atomic E-state index is 14.5. The van der Waals surface area contributed by atoms with Crippen LogP contribution in [0.4, 0.5) is 24.5 Å². The number of halogens is 3. The van der Waals surface area contributed by atoms with Gasteiger partial charge in [-0.2, -0.15) is 23.4 Å². The van der Waals surface area contributed by atoms with Crippen LogP contribution in [-0.4, -0.2) is 59.4 Å². The molecule has 2 atom stereocenters. The van der Waals surface area contributed by atoms with Crippen LogP contribution < -0.4 is 9.80 Å². The fraction of sp³-hybridized carbons (Fsp3) is 0.317. The summed E-state index contributed by atoms with van der Waals surface area (Å²) in [7, 11) is 7.92. The van der Waals surface area contributed by atoms with E-state index in [1.54, 1.807) is 12.1 Å². The number of fused-ring (bicyclic) bond motifs is 2. The molecule has 0 saturated heterocycles. The highest BCUT2D eigenvalue weighted by Crippen LogP contribution is 2.45. The Hall–Kier alpha value is -5.45. The van der Waals surface area contributed by atoms with Crippen LogP contribution in [0.25, 0.3) is 23.0 Å². The van der Waals surface area contributed by atoms with Crippen molar-refractivity contribution in [3.8, 4) is 11.3 Å². The third kappa shape index (κ3) is 6.67. The van der Waals surface area contributed by atoms with Crippen molar-refractivity contribution in [3.63, 3.8) is 0 Å². The smallest absolute Gasteiger partial charge is 0.378 e. The molecular formula is C41H42F3N7O. The maximum Gasteiger partial charge on any atom is 0.433 e. The van der Waals surface area contributed by atoms with Crippen molar-refractivity contribution in [2.75, 3.05) is 38.0 Å². The number of benzene rings is 3. The highest BCUT2D eigenvalue weighted by atomic mass is 19.4. The maximum atomic E-state index is 14.5. The summed E-state index contributed by atoms with van der Waals surface area (Å²) in [4.78, 5) is 23.1. The fourth-order valence-electron chi connectivity index (χ4n) is 7.13. The Bertz CT molecular complexity index is 2160. The minimum atomic E-state index is -4.75. The quantitative estimate of drug-likeness (QED) is 0.169. The van der Waals surface area contributed by atoms with Gasteiger partial charge in [-0.05, 0) is 83.9 Å². The second-order valence-corrected chi connectivity index (χ2v) is 14.3. The number of carbonyl (C=O) groups is 1. The summed E-state index contributed by atoms with van der Waals surface area (Å²) in [6, 6.07) is 25.4. The van der Waals surface area contributed by atoms with Gasteiger partial charge in [0.2, 0.25) is 0 Å². The van der Waals surface area contributed by atoms with Crippen LogP contribution in [-0.2, 0) is 6.18 Å². The fourth-order valence-corrected chi connectivity index (χ4v) is 7.13. The second-order valence-electron chi connectivity index (χ2n) is 14.3. The molecule has 268 valence electrons.